The van der Waals surface area contributed by atoms with Crippen LogP contribution in [-0.4, -0.2) is 39.3 Å². The Kier molecular flexibility index (Phi) is 6.32. The van der Waals surface area contributed by atoms with Gasteiger partial charge in [0, 0.05) is 25.3 Å². The van der Waals surface area contributed by atoms with E-state index < -0.39 is 10.0 Å². The normalized spacial score (nSPS) is 12.8. The van der Waals surface area contributed by atoms with E-state index in [-0.39, 0.29) is 23.4 Å². The van der Waals surface area contributed by atoms with Crippen LogP contribution in [-0.2, 0) is 14.8 Å². The highest BCUT2D eigenvalue weighted by molar-refractivity contribution is 7.89. The highest BCUT2D eigenvalue weighted by Crippen LogP contribution is 2.22. The van der Waals surface area contributed by atoms with Crippen LogP contribution in [0.5, 0.6) is 0 Å². The molecule has 0 aromatic heterocycles. The first-order valence-electron chi connectivity index (χ1n) is 9.42. The van der Waals surface area contributed by atoms with Crippen molar-refractivity contribution in [2.75, 3.05) is 26.0 Å². The number of hydrogen-bond donors (Lipinski definition) is 2. The summed E-state index contributed by atoms with van der Waals surface area (Å²) < 4.78 is 25.4. The number of anilines is 1. The number of hydrogen-bond acceptors (Lipinski definition) is 3. The van der Waals surface area contributed by atoms with Crippen molar-refractivity contribution in [1.29, 1.82) is 0 Å². The molecule has 3 N–H and O–H groups in total. The van der Waals surface area contributed by atoms with Gasteiger partial charge in [0.25, 0.3) is 5.91 Å². The molecule has 7 heteroatoms. The molecule has 1 amide bonds. The van der Waals surface area contributed by atoms with Crippen LogP contribution < -0.4 is 10.6 Å². The van der Waals surface area contributed by atoms with Crippen molar-refractivity contribution in [3.63, 3.8) is 0 Å². The zero-order valence-corrected chi connectivity index (χ0v) is 17.6. The molecule has 0 radical (unpaired) electrons. The molecule has 29 heavy (non-hydrogen) atoms. The standard InChI is InChI=1S/C22H25N3O3S/c1-16(20-10-6-8-17-7-4-5-9-21(17)20)23-15-22(26)24-18-11-13-19(14-12-18)29(27,28)25(2)3/h4-14,16,23H,15H2,1-3H3,(H,24,26)/p+1/t16-/m0/s1. The Morgan fingerprint density at radius 3 is 2.34 bits per heavy atom. The summed E-state index contributed by atoms with van der Waals surface area (Å²) in [6.07, 6.45) is 0. The Morgan fingerprint density at radius 1 is 1.00 bits per heavy atom. The number of amides is 1. The minimum Gasteiger partial charge on any atom is -0.332 e. The molecule has 0 aliphatic carbocycles. The minimum absolute atomic E-state index is 0.125. The lowest BCUT2D eigenvalue weighted by molar-refractivity contribution is -0.682. The number of carbonyl (C=O) groups is 1. The molecule has 0 saturated heterocycles. The van der Waals surface area contributed by atoms with Gasteiger partial charge in [0.05, 0.1) is 4.90 Å². The summed E-state index contributed by atoms with van der Waals surface area (Å²) in [5.41, 5.74) is 1.76. The predicted octanol–water partition coefficient (Wildman–Crippen LogP) is 2.35. The molecule has 0 heterocycles. The van der Waals surface area contributed by atoms with Gasteiger partial charge in [-0.25, -0.2) is 12.7 Å². The van der Waals surface area contributed by atoms with Gasteiger partial charge in [-0.3, -0.25) is 4.79 Å². The van der Waals surface area contributed by atoms with Crippen LogP contribution in [0.4, 0.5) is 5.69 Å². The lowest BCUT2D eigenvalue weighted by atomic mass is 10.00. The Bertz CT molecular complexity index is 1100. The van der Waals surface area contributed by atoms with E-state index in [1.54, 1.807) is 12.1 Å². The molecule has 0 aliphatic rings. The summed E-state index contributed by atoms with van der Waals surface area (Å²) in [6, 6.07) is 20.7. The van der Waals surface area contributed by atoms with Crippen molar-refractivity contribution in [2.24, 2.45) is 0 Å². The number of rotatable bonds is 7. The Balaban J connectivity index is 1.61. The lowest BCUT2D eigenvalue weighted by Gasteiger charge is -2.14. The van der Waals surface area contributed by atoms with Gasteiger partial charge in [-0.2, -0.15) is 0 Å². The molecule has 3 aromatic rings. The number of nitrogens with two attached hydrogens (primary N) is 1. The molecule has 0 saturated carbocycles. The monoisotopic (exact) mass is 412 g/mol. The maximum Gasteiger partial charge on any atom is 0.279 e. The van der Waals surface area contributed by atoms with Crippen molar-refractivity contribution >= 4 is 32.4 Å². The zero-order valence-electron chi connectivity index (χ0n) is 16.8. The smallest absolute Gasteiger partial charge is 0.279 e. The molecule has 0 aliphatic heterocycles. The zero-order chi connectivity index (χ0) is 21.0. The van der Waals surface area contributed by atoms with Crippen LogP contribution in [0.1, 0.15) is 18.5 Å². The molecule has 0 bridgehead atoms. The van der Waals surface area contributed by atoms with E-state index in [1.165, 1.54) is 42.6 Å². The third-order valence-corrected chi connectivity index (χ3v) is 6.72. The number of carbonyl (C=O) groups excluding carboxylic acids is 1. The highest BCUT2D eigenvalue weighted by atomic mass is 32.2. The topological polar surface area (TPSA) is 83.1 Å². The van der Waals surface area contributed by atoms with Crippen LogP contribution in [0, 0.1) is 0 Å². The van der Waals surface area contributed by atoms with Gasteiger partial charge in [0.15, 0.2) is 6.54 Å². The maximum absolute atomic E-state index is 12.3. The van der Waals surface area contributed by atoms with Gasteiger partial charge >= 0.3 is 0 Å². The van der Waals surface area contributed by atoms with Crippen molar-refractivity contribution in [3.05, 3.63) is 72.3 Å². The lowest BCUT2D eigenvalue weighted by Crippen LogP contribution is -2.86. The van der Waals surface area contributed by atoms with Crippen molar-refractivity contribution < 1.29 is 18.5 Å². The second kappa shape index (κ2) is 8.73. The first kappa shape index (κ1) is 21.0. The van der Waals surface area contributed by atoms with E-state index in [0.717, 1.165) is 4.31 Å². The van der Waals surface area contributed by atoms with Crippen LogP contribution in [0.15, 0.2) is 71.6 Å². The van der Waals surface area contributed by atoms with Crippen LogP contribution in [0.3, 0.4) is 0 Å². The first-order valence-corrected chi connectivity index (χ1v) is 10.9. The maximum atomic E-state index is 12.3. The van der Waals surface area contributed by atoms with Gasteiger partial charge < -0.3 is 10.6 Å². The second-order valence-corrected chi connectivity index (χ2v) is 9.31. The predicted molar refractivity (Wildman–Crippen MR) is 115 cm³/mol. The fourth-order valence-corrected chi connectivity index (χ4v) is 4.09. The summed E-state index contributed by atoms with van der Waals surface area (Å²) in [5.74, 6) is -0.139. The van der Waals surface area contributed by atoms with Crippen molar-refractivity contribution in [1.82, 2.24) is 4.31 Å². The van der Waals surface area contributed by atoms with Gasteiger partial charge in [0.2, 0.25) is 10.0 Å². The van der Waals surface area contributed by atoms with E-state index in [1.807, 2.05) is 23.5 Å². The molecule has 1 atom stereocenters. The summed E-state index contributed by atoms with van der Waals surface area (Å²) in [4.78, 5) is 12.5. The molecular weight excluding hydrogens is 386 g/mol. The van der Waals surface area contributed by atoms with Gasteiger partial charge in [-0.05, 0) is 42.0 Å². The fraction of sp³-hybridized carbons (Fsp3) is 0.227. The van der Waals surface area contributed by atoms with Gasteiger partial charge in [-0.15, -0.1) is 0 Å². The molecule has 3 rings (SSSR count). The number of benzene rings is 3. The molecule has 0 unspecified atom stereocenters. The van der Waals surface area contributed by atoms with E-state index in [2.05, 4.69) is 36.5 Å². The fourth-order valence-electron chi connectivity index (χ4n) is 3.19. The first-order chi connectivity index (χ1) is 13.8. The number of quaternary nitrogens is 1. The minimum atomic E-state index is -3.48. The van der Waals surface area contributed by atoms with Gasteiger partial charge in [0.1, 0.15) is 6.04 Å². The second-order valence-electron chi connectivity index (χ2n) is 7.16. The molecule has 0 spiro atoms. The third kappa shape index (κ3) is 4.82. The molecular formula is C22H26N3O3S+. The Labute approximate surface area is 171 Å². The Morgan fingerprint density at radius 2 is 1.66 bits per heavy atom. The number of nitrogens with zero attached hydrogens (tertiary/aromatic N) is 1. The number of nitrogens with one attached hydrogen (secondary N) is 1. The molecule has 0 fully saturated rings. The SMILES string of the molecule is C[C@H]([NH2+]CC(=O)Nc1ccc(S(=O)(=O)N(C)C)cc1)c1cccc2ccccc12. The van der Waals surface area contributed by atoms with Crippen LogP contribution in [0.2, 0.25) is 0 Å². The van der Waals surface area contributed by atoms with Crippen molar-refractivity contribution in [3.8, 4) is 0 Å². The largest absolute Gasteiger partial charge is 0.332 e. The average molecular weight is 413 g/mol. The van der Waals surface area contributed by atoms with Crippen LogP contribution in [0.25, 0.3) is 10.8 Å². The highest BCUT2D eigenvalue weighted by Gasteiger charge is 2.17. The third-order valence-electron chi connectivity index (χ3n) is 4.89. The van der Waals surface area contributed by atoms with Gasteiger partial charge in [-0.1, -0.05) is 42.5 Å². The summed E-state index contributed by atoms with van der Waals surface area (Å²) >= 11 is 0. The van der Waals surface area contributed by atoms with Crippen molar-refractivity contribution in [2.45, 2.75) is 17.9 Å². The molecule has 3 aromatic carbocycles. The number of sulfonamides is 1. The van der Waals surface area contributed by atoms with E-state index in [0.29, 0.717) is 5.69 Å². The Hall–Kier alpha value is -2.74. The average Bonchev–Trinajstić information content (AvgIpc) is 2.72. The summed E-state index contributed by atoms with van der Waals surface area (Å²) in [5, 5.41) is 7.18. The molecule has 152 valence electrons. The number of fused-ring (bicyclic) bond motifs is 1. The summed E-state index contributed by atoms with van der Waals surface area (Å²) in [7, 11) is -0.510. The van der Waals surface area contributed by atoms with Crippen LogP contribution >= 0.6 is 0 Å². The summed E-state index contributed by atoms with van der Waals surface area (Å²) in [6.45, 7) is 2.35. The van der Waals surface area contributed by atoms with E-state index in [9.17, 15) is 13.2 Å². The van der Waals surface area contributed by atoms with E-state index in [4.69, 9.17) is 0 Å². The quantitative estimate of drug-likeness (QED) is 0.625. The molecule has 6 nitrogen and oxygen atoms in total. The van der Waals surface area contributed by atoms with E-state index >= 15 is 0 Å².